The van der Waals surface area contributed by atoms with Crippen molar-refractivity contribution < 1.29 is 5.11 Å². The first kappa shape index (κ1) is 13.7. The van der Waals surface area contributed by atoms with Crippen LogP contribution in [0, 0.1) is 0 Å². The van der Waals surface area contributed by atoms with Crippen LogP contribution in [0.1, 0.15) is 5.69 Å². The van der Waals surface area contributed by atoms with E-state index in [0.717, 1.165) is 10.6 Å². The van der Waals surface area contributed by atoms with Gasteiger partial charge in [0, 0.05) is 15.7 Å². The van der Waals surface area contributed by atoms with Crippen molar-refractivity contribution >= 4 is 35.0 Å². The standard InChI is InChI=1S/C11H11Cl2N3OS/c12-8-1-2-10(13)11(5-8)18-4-3-16-6-9(7-17)14-15-16/h1-2,5-6,17H,3-4,7H2. The Bertz CT molecular complexity index is 533. The normalized spacial score (nSPS) is 10.8. The Morgan fingerprint density at radius 3 is 2.89 bits per heavy atom. The second kappa shape index (κ2) is 6.43. The summed E-state index contributed by atoms with van der Waals surface area (Å²) in [6.45, 7) is 0.605. The molecule has 0 spiro atoms. The van der Waals surface area contributed by atoms with Gasteiger partial charge in [-0.25, -0.2) is 0 Å². The fraction of sp³-hybridized carbons (Fsp3) is 0.273. The van der Waals surface area contributed by atoms with Crippen LogP contribution in [0.15, 0.2) is 29.3 Å². The Balaban J connectivity index is 1.90. The number of hydrogen-bond acceptors (Lipinski definition) is 4. The second-order valence-corrected chi connectivity index (χ2v) is 5.53. The lowest BCUT2D eigenvalue weighted by Gasteiger charge is -2.04. The zero-order chi connectivity index (χ0) is 13.0. The van der Waals surface area contributed by atoms with Crippen LogP contribution < -0.4 is 0 Å². The van der Waals surface area contributed by atoms with Crippen LogP contribution in [0.2, 0.25) is 10.0 Å². The number of aromatic nitrogens is 3. The summed E-state index contributed by atoms with van der Waals surface area (Å²) < 4.78 is 1.69. The lowest BCUT2D eigenvalue weighted by Crippen LogP contribution is -2.01. The molecule has 1 N–H and O–H groups in total. The molecule has 7 heteroatoms. The quantitative estimate of drug-likeness (QED) is 0.863. The van der Waals surface area contributed by atoms with E-state index in [9.17, 15) is 0 Å². The van der Waals surface area contributed by atoms with E-state index in [4.69, 9.17) is 28.3 Å². The summed E-state index contributed by atoms with van der Waals surface area (Å²) in [5, 5.41) is 17.9. The monoisotopic (exact) mass is 303 g/mol. The number of benzene rings is 1. The topological polar surface area (TPSA) is 50.9 Å². The zero-order valence-corrected chi connectivity index (χ0v) is 11.7. The van der Waals surface area contributed by atoms with Crippen LogP contribution in [0.5, 0.6) is 0 Å². The summed E-state index contributed by atoms with van der Waals surface area (Å²) in [5.74, 6) is 0.800. The predicted molar refractivity (Wildman–Crippen MR) is 73.1 cm³/mol. The average molecular weight is 304 g/mol. The van der Waals surface area contributed by atoms with Gasteiger partial charge < -0.3 is 5.11 Å². The Labute approximate surface area is 119 Å². The molecule has 96 valence electrons. The number of aliphatic hydroxyl groups excluding tert-OH is 1. The predicted octanol–water partition coefficient (Wildman–Crippen LogP) is 2.87. The molecule has 0 unspecified atom stereocenters. The van der Waals surface area contributed by atoms with Gasteiger partial charge in [-0.15, -0.1) is 16.9 Å². The molecule has 0 aliphatic rings. The number of thioether (sulfide) groups is 1. The molecule has 4 nitrogen and oxygen atoms in total. The molecule has 0 fully saturated rings. The maximum atomic E-state index is 8.87. The van der Waals surface area contributed by atoms with Gasteiger partial charge in [-0.05, 0) is 18.2 Å². The highest BCUT2D eigenvalue weighted by atomic mass is 35.5. The fourth-order valence-electron chi connectivity index (χ4n) is 1.36. The molecule has 0 saturated heterocycles. The number of rotatable bonds is 5. The second-order valence-electron chi connectivity index (χ2n) is 3.55. The van der Waals surface area contributed by atoms with Crippen molar-refractivity contribution in [1.29, 1.82) is 0 Å². The van der Waals surface area contributed by atoms with E-state index in [1.54, 1.807) is 34.8 Å². The number of aryl methyl sites for hydroxylation is 1. The van der Waals surface area contributed by atoms with Crippen LogP contribution in [-0.4, -0.2) is 25.9 Å². The van der Waals surface area contributed by atoms with Crippen molar-refractivity contribution in [3.8, 4) is 0 Å². The lowest BCUT2D eigenvalue weighted by molar-refractivity contribution is 0.276. The first-order chi connectivity index (χ1) is 8.69. The molecule has 1 heterocycles. The number of halogens is 2. The summed E-state index contributed by atoms with van der Waals surface area (Å²) in [6, 6.07) is 5.39. The Kier molecular flexibility index (Phi) is 4.88. The summed E-state index contributed by atoms with van der Waals surface area (Å²) in [5.41, 5.74) is 0.570. The number of hydrogen-bond donors (Lipinski definition) is 1. The third kappa shape index (κ3) is 3.62. The molecule has 2 aromatic rings. The molecule has 1 aromatic heterocycles. The van der Waals surface area contributed by atoms with E-state index in [1.165, 1.54) is 0 Å². The van der Waals surface area contributed by atoms with Gasteiger partial charge in [0.15, 0.2) is 0 Å². The molecule has 18 heavy (non-hydrogen) atoms. The molecule has 0 atom stereocenters. The third-order valence-electron chi connectivity index (χ3n) is 2.22. The third-order valence-corrected chi connectivity index (χ3v) is 3.93. The number of nitrogens with zero attached hydrogens (tertiary/aromatic N) is 3. The van der Waals surface area contributed by atoms with Gasteiger partial charge >= 0.3 is 0 Å². The van der Waals surface area contributed by atoms with Gasteiger partial charge in [-0.2, -0.15) is 0 Å². The van der Waals surface area contributed by atoms with Gasteiger partial charge in [0.05, 0.1) is 24.4 Å². The van der Waals surface area contributed by atoms with Gasteiger partial charge in [-0.1, -0.05) is 28.4 Å². The Morgan fingerprint density at radius 1 is 1.33 bits per heavy atom. The van der Waals surface area contributed by atoms with Gasteiger partial charge in [-0.3, -0.25) is 4.68 Å². The highest BCUT2D eigenvalue weighted by molar-refractivity contribution is 7.99. The Hall–Kier alpha value is -0.750. The molecule has 0 amide bonds. The lowest BCUT2D eigenvalue weighted by atomic mass is 10.4. The van der Waals surface area contributed by atoms with Crippen LogP contribution in [0.3, 0.4) is 0 Å². The molecule has 0 aliphatic carbocycles. The van der Waals surface area contributed by atoms with E-state index in [0.29, 0.717) is 22.3 Å². The maximum Gasteiger partial charge on any atom is 0.108 e. The van der Waals surface area contributed by atoms with E-state index in [-0.39, 0.29) is 6.61 Å². The van der Waals surface area contributed by atoms with Crippen molar-refractivity contribution in [3.63, 3.8) is 0 Å². The zero-order valence-electron chi connectivity index (χ0n) is 9.38. The fourth-order valence-corrected chi connectivity index (χ4v) is 2.79. The minimum Gasteiger partial charge on any atom is -0.390 e. The molecule has 2 rings (SSSR count). The molecule has 0 aliphatic heterocycles. The van der Waals surface area contributed by atoms with Crippen LogP contribution in [-0.2, 0) is 13.2 Å². The van der Waals surface area contributed by atoms with Crippen molar-refractivity contribution in [1.82, 2.24) is 15.0 Å². The van der Waals surface area contributed by atoms with Crippen LogP contribution in [0.4, 0.5) is 0 Å². The van der Waals surface area contributed by atoms with Crippen LogP contribution in [0.25, 0.3) is 0 Å². The molecular formula is C11H11Cl2N3OS. The van der Waals surface area contributed by atoms with E-state index in [1.807, 2.05) is 6.07 Å². The minimum absolute atomic E-state index is 0.0900. The van der Waals surface area contributed by atoms with E-state index in [2.05, 4.69) is 10.3 Å². The van der Waals surface area contributed by atoms with Gasteiger partial charge in [0.1, 0.15) is 5.69 Å². The summed E-state index contributed by atoms with van der Waals surface area (Å²) in [4.78, 5) is 0.951. The summed E-state index contributed by atoms with van der Waals surface area (Å²) in [6.07, 6.45) is 1.72. The Morgan fingerprint density at radius 2 is 2.17 bits per heavy atom. The van der Waals surface area contributed by atoms with Crippen LogP contribution >= 0.6 is 35.0 Å². The minimum atomic E-state index is -0.0900. The first-order valence-electron chi connectivity index (χ1n) is 5.27. The maximum absolute atomic E-state index is 8.87. The highest BCUT2D eigenvalue weighted by Gasteiger charge is 2.03. The number of aliphatic hydroxyl groups is 1. The molecule has 1 aromatic carbocycles. The van der Waals surface area contributed by atoms with Gasteiger partial charge in [0.2, 0.25) is 0 Å². The van der Waals surface area contributed by atoms with Crippen molar-refractivity contribution in [2.45, 2.75) is 18.0 Å². The summed E-state index contributed by atoms with van der Waals surface area (Å²) in [7, 11) is 0. The van der Waals surface area contributed by atoms with E-state index < -0.39 is 0 Å². The molecule has 0 saturated carbocycles. The average Bonchev–Trinajstić information content (AvgIpc) is 2.81. The summed E-state index contributed by atoms with van der Waals surface area (Å²) >= 11 is 13.6. The van der Waals surface area contributed by atoms with Crippen molar-refractivity contribution in [3.05, 3.63) is 40.1 Å². The van der Waals surface area contributed by atoms with Crippen molar-refractivity contribution in [2.75, 3.05) is 5.75 Å². The largest absolute Gasteiger partial charge is 0.390 e. The SMILES string of the molecule is OCc1cn(CCSc2cc(Cl)ccc2Cl)nn1. The first-order valence-corrected chi connectivity index (χ1v) is 7.01. The van der Waals surface area contributed by atoms with Crippen molar-refractivity contribution in [2.24, 2.45) is 0 Å². The molecular weight excluding hydrogens is 293 g/mol. The molecule has 0 bridgehead atoms. The van der Waals surface area contributed by atoms with Gasteiger partial charge in [0.25, 0.3) is 0 Å². The smallest absolute Gasteiger partial charge is 0.108 e. The van der Waals surface area contributed by atoms with E-state index >= 15 is 0 Å². The highest BCUT2D eigenvalue weighted by Crippen LogP contribution is 2.29. The molecule has 0 radical (unpaired) electrons.